The van der Waals surface area contributed by atoms with Crippen molar-refractivity contribution in [2.75, 3.05) is 13.1 Å². The van der Waals surface area contributed by atoms with Crippen LogP contribution in [0.1, 0.15) is 11.1 Å². The van der Waals surface area contributed by atoms with Gasteiger partial charge in [0.25, 0.3) is 10.2 Å². The minimum atomic E-state index is -3.26. The maximum atomic E-state index is 12.6. The number of hydrogen-bond acceptors (Lipinski definition) is 2. The number of hydrogen-bond donors (Lipinski definition) is 0. The zero-order valence-corrected chi connectivity index (χ0v) is 13.7. The predicted octanol–water partition coefficient (Wildman–Crippen LogP) is 2.08. The van der Waals surface area contributed by atoms with E-state index in [2.05, 4.69) is 24.3 Å². The van der Waals surface area contributed by atoms with Crippen LogP contribution in [0.15, 0.2) is 60.7 Å². The van der Waals surface area contributed by atoms with Gasteiger partial charge >= 0.3 is 0 Å². The van der Waals surface area contributed by atoms with Crippen LogP contribution in [0.5, 0.6) is 0 Å². The second-order valence-electron chi connectivity index (χ2n) is 6.33. The Kier molecular flexibility index (Phi) is 3.71. The molecule has 23 heavy (non-hydrogen) atoms. The summed E-state index contributed by atoms with van der Waals surface area (Å²) in [5.74, 6) is 0. The summed E-state index contributed by atoms with van der Waals surface area (Å²) < 4.78 is 28.5. The molecule has 2 fully saturated rings. The maximum Gasteiger partial charge on any atom is 0.282 e. The second-order valence-corrected chi connectivity index (χ2v) is 8.17. The Labute approximate surface area is 137 Å². The van der Waals surface area contributed by atoms with Gasteiger partial charge in [-0.05, 0) is 24.0 Å². The van der Waals surface area contributed by atoms with Crippen LogP contribution in [0.2, 0.25) is 0 Å². The maximum absolute atomic E-state index is 12.6. The highest BCUT2D eigenvalue weighted by molar-refractivity contribution is 7.87. The van der Waals surface area contributed by atoms with E-state index < -0.39 is 10.2 Å². The third kappa shape index (κ3) is 3.17. The molecule has 0 aromatic heterocycles. The molecule has 2 aliphatic heterocycles. The summed E-state index contributed by atoms with van der Waals surface area (Å²) in [6.45, 7) is 1.29. The molecule has 0 spiro atoms. The number of benzene rings is 2. The van der Waals surface area contributed by atoms with Crippen molar-refractivity contribution in [1.82, 2.24) is 8.61 Å². The van der Waals surface area contributed by atoms with Gasteiger partial charge in [-0.1, -0.05) is 60.7 Å². The Balaban J connectivity index is 1.35. The monoisotopic (exact) mass is 328 g/mol. The fourth-order valence-electron chi connectivity index (χ4n) is 3.13. The molecular weight excluding hydrogens is 308 g/mol. The second kappa shape index (κ2) is 5.74. The van der Waals surface area contributed by atoms with E-state index >= 15 is 0 Å². The van der Waals surface area contributed by atoms with Crippen molar-refractivity contribution in [2.45, 2.75) is 24.9 Å². The van der Waals surface area contributed by atoms with E-state index in [0.29, 0.717) is 13.1 Å². The summed E-state index contributed by atoms with van der Waals surface area (Å²) in [5.41, 5.74) is 2.39. The third-order valence-corrected chi connectivity index (χ3v) is 6.63. The van der Waals surface area contributed by atoms with Gasteiger partial charge in [0.1, 0.15) is 0 Å². The first-order chi connectivity index (χ1) is 11.1. The molecule has 0 radical (unpaired) electrons. The average molecular weight is 328 g/mol. The summed E-state index contributed by atoms with van der Waals surface area (Å²) in [6.07, 6.45) is 1.61. The van der Waals surface area contributed by atoms with Gasteiger partial charge in [0.05, 0.1) is 0 Å². The highest BCUT2D eigenvalue weighted by Crippen LogP contribution is 2.35. The van der Waals surface area contributed by atoms with Crippen LogP contribution in [0, 0.1) is 0 Å². The fourth-order valence-corrected chi connectivity index (χ4v) is 5.02. The quantitative estimate of drug-likeness (QED) is 0.762. The molecule has 2 saturated heterocycles. The number of nitrogens with zero attached hydrogens (tertiary/aromatic N) is 2. The zero-order chi connectivity index (χ0) is 15.9. The molecule has 0 saturated carbocycles. The molecule has 4 nitrogen and oxygen atoms in total. The van der Waals surface area contributed by atoms with Crippen molar-refractivity contribution in [2.24, 2.45) is 0 Å². The van der Waals surface area contributed by atoms with E-state index in [0.717, 1.165) is 12.8 Å². The van der Waals surface area contributed by atoms with Gasteiger partial charge in [0, 0.05) is 25.2 Å². The molecule has 2 aromatic rings. The molecule has 2 aliphatic rings. The molecule has 2 aromatic carbocycles. The standard InChI is InChI=1S/C18H20N2O2S/c21-23(22,19-13-17(19)11-15-7-3-1-4-8-15)20-14-18(20)12-16-9-5-2-6-10-16/h1-10,17-18H,11-14H2/t17-,18-,19?,20?/m0/s1. The van der Waals surface area contributed by atoms with Gasteiger partial charge in [-0.25, -0.2) is 0 Å². The molecule has 0 aliphatic carbocycles. The van der Waals surface area contributed by atoms with E-state index in [1.165, 1.54) is 11.1 Å². The zero-order valence-electron chi connectivity index (χ0n) is 12.9. The molecule has 0 amide bonds. The lowest BCUT2D eigenvalue weighted by molar-refractivity contribution is 0.505. The van der Waals surface area contributed by atoms with Gasteiger partial charge in [-0.3, -0.25) is 0 Å². The van der Waals surface area contributed by atoms with Crippen molar-refractivity contribution in [3.63, 3.8) is 0 Å². The predicted molar refractivity (Wildman–Crippen MR) is 90.2 cm³/mol. The fraction of sp³-hybridized carbons (Fsp3) is 0.333. The molecular formula is C18H20N2O2S. The van der Waals surface area contributed by atoms with Crippen LogP contribution in [0.4, 0.5) is 0 Å². The van der Waals surface area contributed by atoms with E-state index in [1.54, 1.807) is 8.61 Å². The van der Waals surface area contributed by atoms with Crippen molar-refractivity contribution in [3.05, 3.63) is 71.8 Å². The SMILES string of the molecule is O=S(=O)(N1C[C@@H]1Cc1ccccc1)N1C[C@@H]1Cc1ccccc1. The lowest BCUT2D eigenvalue weighted by Gasteiger charge is -2.08. The Morgan fingerprint density at radius 1 is 0.739 bits per heavy atom. The number of rotatable bonds is 6. The first-order valence-corrected chi connectivity index (χ1v) is 9.41. The summed E-state index contributed by atoms with van der Waals surface area (Å²) in [7, 11) is -3.26. The van der Waals surface area contributed by atoms with Crippen LogP contribution in [0.3, 0.4) is 0 Å². The summed E-state index contributed by atoms with van der Waals surface area (Å²) in [5, 5.41) is 0. The topological polar surface area (TPSA) is 40.2 Å². The molecule has 2 unspecified atom stereocenters. The van der Waals surface area contributed by atoms with Crippen LogP contribution in [-0.2, 0) is 23.1 Å². The van der Waals surface area contributed by atoms with Gasteiger partial charge in [0.15, 0.2) is 0 Å². The minimum absolute atomic E-state index is 0.125. The summed E-state index contributed by atoms with van der Waals surface area (Å²) in [6, 6.07) is 20.4. The summed E-state index contributed by atoms with van der Waals surface area (Å²) >= 11 is 0. The minimum Gasteiger partial charge on any atom is -0.195 e. The van der Waals surface area contributed by atoms with E-state index in [1.807, 2.05) is 36.4 Å². The van der Waals surface area contributed by atoms with E-state index in [9.17, 15) is 8.42 Å². The van der Waals surface area contributed by atoms with Crippen LogP contribution in [0.25, 0.3) is 0 Å². The first kappa shape index (κ1) is 14.9. The molecule has 0 N–H and O–H groups in total. The molecule has 2 heterocycles. The van der Waals surface area contributed by atoms with Gasteiger partial charge in [0.2, 0.25) is 0 Å². The largest absolute Gasteiger partial charge is 0.282 e. The van der Waals surface area contributed by atoms with Gasteiger partial charge < -0.3 is 0 Å². The normalized spacial score (nSPS) is 29.2. The Bertz CT molecular complexity index is 716. The van der Waals surface area contributed by atoms with Crippen LogP contribution >= 0.6 is 0 Å². The Morgan fingerprint density at radius 3 is 1.52 bits per heavy atom. The molecule has 4 atom stereocenters. The van der Waals surface area contributed by atoms with Gasteiger partial charge in [-0.15, -0.1) is 0 Å². The van der Waals surface area contributed by atoms with Crippen molar-refractivity contribution >= 4 is 10.2 Å². The van der Waals surface area contributed by atoms with Crippen molar-refractivity contribution in [1.29, 1.82) is 0 Å². The lowest BCUT2D eigenvalue weighted by atomic mass is 10.1. The first-order valence-electron chi connectivity index (χ1n) is 8.01. The van der Waals surface area contributed by atoms with Crippen LogP contribution < -0.4 is 0 Å². The van der Waals surface area contributed by atoms with Gasteiger partial charge in [-0.2, -0.15) is 17.0 Å². The third-order valence-electron chi connectivity index (χ3n) is 4.55. The van der Waals surface area contributed by atoms with Crippen molar-refractivity contribution in [3.8, 4) is 0 Å². The summed E-state index contributed by atoms with van der Waals surface area (Å²) in [4.78, 5) is 0. The molecule has 5 heteroatoms. The molecule has 120 valence electrons. The van der Waals surface area contributed by atoms with Crippen LogP contribution in [-0.4, -0.2) is 42.2 Å². The smallest absolute Gasteiger partial charge is 0.195 e. The molecule has 4 rings (SSSR count). The highest BCUT2D eigenvalue weighted by atomic mass is 32.2. The van der Waals surface area contributed by atoms with E-state index in [4.69, 9.17) is 0 Å². The van der Waals surface area contributed by atoms with Crippen molar-refractivity contribution < 1.29 is 8.42 Å². The average Bonchev–Trinajstić information content (AvgIpc) is 3.46. The lowest BCUT2D eigenvalue weighted by Crippen LogP contribution is -2.25. The Hall–Kier alpha value is -1.69. The Morgan fingerprint density at radius 2 is 1.13 bits per heavy atom. The molecule has 0 bridgehead atoms. The van der Waals surface area contributed by atoms with E-state index in [-0.39, 0.29) is 12.1 Å². The highest BCUT2D eigenvalue weighted by Gasteiger charge is 2.53.